The molecule has 3 nitrogen and oxygen atoms in total. The van der Waals surface area contributed by atoms with E-state index >= 15 is 0 Å². The number of aliphatic hydroxyl groups excluding tert-OH is 2. The molecule has 4 aliphatic carbocycles. The lowest BCUT2D eigenvalue weighted by Gasteiger charge is -2.58. The Morgan fingerprint density at radius 3 is 2.67 bits per heavy atom. The summed E-state index contributed by atoms with van der Waals surface area (Å²) in [6.07, 6.45) is 14.8. The van der Waals surface area contributed by atoms with E-state index < -0.39 is 5.60 Å². The highest BCUT2D eigenvalue weighted by atomic mass is 16.3. The predicted molar refractivity (Wildman–Crippen MR) is 92.9 cm³/mol. The SMILES string of the molecule is C#C[C@]1(O)CCC2C3CC=C4C[C@@H](O)CC[C@]4(CO)C3CC[C@@]21C. The second-order valence-corrected chi connectivity index (χ2v) is 9.05. The van der Waals surface area contributed by atoms with Crippen LogP contribution in [0.1, 0.15) is 58.3 Å². The highest BCUT2D eigenvalue weighted by Crippen LogP contribution is 2.66. The standard InChI is InChI=1S/C21H30O3/c1-3-21(24)11-8-17-16-5-4-14-12-15(23)6-10-20(14,13-22)18(16)7-9-19(17,21)2/h1,4,15-18,22-24H,5-13H2,2H3/t15-,16?,17?,18?,19-,20+,21-/m0/s1. The molecule has 132 valence electrons. The zero-order valence-corrected chi connectivity index (χ0v) is 14.7. The van der Waals surface area contributed by atoms with E-state index in [1.165, 1.54) is 5.57 Å². The van der Waals surface area contributed by atoms with Crippen molar-refractivity contribution in [2.45, 2.75) is 70.0 Å². The molecule has 0 aromatic rings. The van der Waals surface area contributed by atoms with Gasteiger partial charge in [-0.3, -0.25) is 0 Å². The fraction of sp³-hybridized carbons (Fsp3) is 0.810. The van der Waals surface area contributed by atoms with Gasteiger partial charge in [0.05, 0.1) is 12.7 Å². The zero-order chi connectivity index (χ0) is 17.2. The molecule has 3 unspecified atom stereocenters. The van der Waals surface area contributed by atoms with Crippen molar-refractivity contribution in [1.82, 2.24) is 0 Å². The minimum absolute atomic E-state index is 0.139. The van der Waals surface area contributed by atoms with Crippen LogP contribution in [0.25, 0.3) is 0 Å². The van der Waals surface area contributed by atoms with E-state index in [4.69, 9.17) is 6.42 Å². The third-order valence-corrected chi connectivity index (χ3v) is 8.47. The molecule has 3 heteroatoms. The number of rotatable bonds is 1. The van der Waals surface area contributed by atoms with Gasteiger partial charge in [-0.2, -0.15) is 0 Å². The van der Waals surface area contributed by atoms with Gasteiger partial charge in [0.15, 0.2) is 0 Å². The van der Waals surface area contributed by atoms with Crippen LogP contribution in [0.4, 0.5) is 0 Å². The summed E-state index contributed by atoms with van der Waals surface area (Å²) in [7, 11) is 0. The van der Waals surface area contributed by atoms with Crippen molar-refractivity contribution in [3.8, 4) is 12.3 Å². The zero-order valence-electron chi connectivity index (χ0n) is 14.7. The molecule has 0 aromatic heterocycles. The Morgan fingerprint density at radius 1 is 1.21 bits per heavy atom. The van der Waals surface area contributed by atoms with E-state index in [2.05, 4.69) is 18.9 Å². The van der Waals surface area contributed by atoms with Gasteiger partial charge in [-0.05, 0) is 69.1 Å². The van der Waals surface area contributed by atoms with Gasteiger partial charge >= 0.3 is 0 Å². The summed E-state index contributed by atoms with van der Waals surface area (Å²) >= 11 is 0. The number of allylic oxidation sites excluding steroid dienone is 1. The largest absolute Gasteiger partial charge is 0.395 e. The van der Waals surface area contributed by atoms with Crippen LogP contribution >= 0.6 is 0 Å². The smallest absolute Gasteiger partial charge is 0.130 e. The maximum Gasteiger partial charge on any atom is 0.130 e. The number of hydrogen-bond acceptors (Lipinski definition) is 3. The summed E-state index contributed by atoms with van der Waals surface area (Å²) in [5, 5.41) is 31.4. The first-order chi connectivity index (χ1) is 11.4. The van der Waals surface area contributed by atoms with Crippen LogP contribution in [0, 0.1) is 40.9 Å². The van der Waals surface area contributed by atoms with Gasteiger partial charge in [-0.1, -0.05) is 24.5 Å². The first-order valence-electron chi connectivity index (χ1n) is 9.59. The third-order valence-electron chi connectivity index (χ3n) is 8.47. The first kappa shape index (κ1) is 16.6. The Kier molecular flexibility index (Phi) is 3.70. The number of aliphatic hydroxyl groups is 3. The fourth-order valence-electron chi connectivity index (χ4n) is 6.99. The van der Waals surface area contributed by atoms with E-state index in [1.54, 1.807) is 0 Å². The van der Waals surface area contributed by atoms with Crippen molar-refractivity contribution in [1.29, 1.82) is 0 Å². The topological polar surface area (TPSA) is 60.7 Å². The minimum atomic E-state index is -0.970. The number of hydrogen-bond donors (Lipinski definition) is 3. The van der Waals surface area contributed by atoms with Gasteiger partial charge in [-0.25, -0.2) is 0 Å². The summed E-state index contributed by atoms with van der Waals surface area (Å²) < 4.78 is 0. The molecule has 4 rings (SSSR count). The molecule has 0 radical (unpaired) electrons. The van der Waals surface area contributed by atoms with Crippen LogP contribution in [0.3, 0.4) is 0 Å². The molecule has 0 saturated heterocycles. The lowest BCUT2D eigenvalue weighted by molar-refractivity contribution is -0.109. The summed E-state index contributed by atoms with van der Waals surface area (Å²) in [6, 6.07) is 0. The van der Waals surface area contributed by atoms with Crippen LogP contribution < -0.4 is 0 Å². The Labute approximate surface area is 145 Å². The first-order valence-corrected chi connectivity index (χ1v) is 9.59. The minimum Gasteiger partial charge on any atom is -0.395 e. The Morgan fingerprint density at radius 2 is 1.96 bits per heavy atom. The molecule has 4 aliphatic rings. The normalized spacial score (nSPS) is 53.4. The van der Waals surface area contributed by atoms with E-state index in [9.17, 15) is 15.3 Å². The van der Waals surface area contributed by atoms with Crippen LogP contribution in [0.15, 0.2) is 11.6 Å². The average molecular weight is 330 g/mol. The number of terminal acetylenes is 1. The molecule has 24 heavy (non-hydrogen) atoms. The van der Waals surface area contributed by atoms with Crippen molar-refractivity contribution >= 4 is 0 Å². The lowest BCUT2D eigenvalue weighted by atomic mass is 9.46. The van der Waals surface area contributed by atoms with Crippen LogP contribution in [0.2, 0.25) is 0 Å². The molecule has 3 saturated carbocycles. The molecule has 0 bridgehead atoms. The molecule has 0 heterocycles. The summed E-state index contributed by atoms with van der Waals surface area (Å²) in [5.41, 5.74) is -0.0138. The van der Waals surface area contributed by atoms with E-state index in [0.29, 0.717) is 24.2 Å². The van der Waals surface area contributed by atoms with Gasteiger partial charge in [0.1, 0.15) is 5.60 Å². The van der Waals surface area contributed by atoms with Crippen molar-refractivity contribution in [2.75, 3.05) is 6.61 Å². The average Bonchev–Trinajstić information content (AvgIpc) is 2.86. The maximum atomic E-state index is 11.0. The number of fused-ring (bicyclic) bond motifs is 5. The summed E-state index contributed by atoms with van der Waals surface area (Å²) in [5.74, 6) is 4.12. The van der Waals surface area contributed by atoms with E-state index in [1.807, 2.05) is 0 Å². The Bertz CT molecular complexity index is 605. The summed E-state index contributed by atoms with van der Waals surface area (Å²) in [4.78, 5) is 0. The van der Waals surface area contributed by atoms with Crippen LogP contribution in [-0.2, 0) is 0 Å². The fourth-order valence-corrected chi connectivity index (χ4v) is 6.99. The van der Waals surface area contributed by atoms with E-state index in [-0.39, 0.29) is 23.5 Å². The van der Waals surface area contributed by atoms with Crippen molar-refractivity contribution in [3.05, 3.63) is 11.6 Å². The molecule has 0 aromatic carbocycles. The van der Waals surface area contributed by atoms with Gasteiger partial charge < -0.3 is 15.3 Å². The van der Waals surface area contributed by atoms with Gasteiger partial charge in [0, 0.05) is 10.8 Å². The monoisotopic (exact) mass is 330 g/mol. The quantitative estimate of drug-likeness (QED) is 0.512. The van der Waals surface area contributed by atoms with Crippen molar-refractivity contribution in [3.63, 3.8) is 0 Å². The summed E-state index contributed by atoms with van der Waals surface area (Å²) in [6.45, 7) is 2.38. The molecule has 3 N–H and O–H groups in total. The van der Waals surface area contributed by atoms with Crippen LogP contribution in [-0.4, -0.2) is 33.6 Å². The van der Waals surface area contributed by atoms with Crippen molar-refractivity contribution < 1.29 is 15.3 Å². The van der Waals surface area contributed by atoms with Gasteiger partial charge in [-0.15, -0.1) is 6.42 Å². The molecule has 0 amide bonds. The third kappa shape index (κ3) is 1.91. The lowest BCUT2D eigenvalue weighted by Crippen LogP contribution is -2.55. The molecule has 0 aliphatic heterocycles. The molecule has 3 fully saturated rings. The maximum absolute atomic E-state index is 11.0. The van der Waals surface area contributed by atoms with E-state index in [0.717, 1.165) is 44.9 Å². The van der Waals surface area contributed by atoms with Crippen molar-refractivity contribution in [2.24, 2.45) is 28.6 Å². The van der Waals surface area contributed by atoms with Gasteiger partial charge in [0.2, 0.25) is 0 Å². The highest BCUT2D eigenvalue weighted by Gasteiger charge is 2.63. The Hall–Kier alpha value is -0.820. The van der Waals surface area contributed by atoms with Crippen LogP contribution in [0.5, 0.6) is 0 Å². The molecule has 0 spiro atoms. The highest BCUT2D eigenvalue weighted by molar-refractivity contribution is 5.29. The predicted octanol–water partition coefficient (Wildman–Crippen LogP) is 2.65. The molecular weight excluding hydrogens is 300 g/mol. The molecule has 7 atom stereocenters. The Balaban J connectivity index is 1.72. The van der Waals surface area contributed by atoms with Gasteiger partial charge in [0.25, 0.3) is 0 Å². The second kappa shape index (κ2) is 5.34. The second-order valence-electron chi connectivity index (χ2n) is 9.05. The molecular formula is C21H30O3.